The molecule has 2 N–H and O–H groups in total. The number of rotatable bonds is 8. The molecule has 1 atom stereocenters. The maximum absolute atomic E-state index is 11.9. The summed E-state index contributed by atoms with van der Waals surface area (Å²) in [5, 5.41) is 12.1. The molecule has 0 saturated heterocycles. The van der Waals surface area contributed by atoms with E-state index in [1.54, 1.807) is 11.8 Å². The van der Waals surface area contributed by atoms with Gasteiger partial charge in [0.1, 0.15) is 0 Å². The second-order valence-electron chi connectivity index (χ2n) is 4.82. The number of thioether (sulfide) groups is 1. The number of carbonyl (C=O) groups is 2. The van der Waals surface area contributed by atoms with E-state index in [0.29, 0.717) is 17.4 Å². The summed E-state index contributed by atoms with van der Waals surface area (Å²) < 4.78 is 0. The van der Waals surface area contributed by atoms with Crippen LogP contribution in [0.25, 0.3) is 0 Å². The molecule has 0 heterocycles. The largest absolute Gasteiger partial charge is 0.481 e. The molecule has 1 rings (SSSR count). The van der Waals surface area contributed by atoms with Crippen LogP contribution >= 0.6 is 11.8 Å². The predicted molar refractivity (Wildman–Crippen MR) is 81.8 cm³/mol. The summed E-state index contributed by atoms with van der Waals surface area (Å²) in [7, 11) is 0. The summed E-state index contributed by atoms with van der Waals surface area (Å²) in [4.78, 5) is 22.6. The Labute approximate surface area is 124 Å². The van der Waals surface area contributed by atoms with E-state index in [-0.39, 0.29) is 18.4 Å². The van der Waals surface area contributed by atoms with Gasteiger partial charge in [-0.25, -0.2) is 0 Å². The van der Waals surface area contributed by atoms with Gasteiger partial charge < -0.3 is 10.4 Å². The Balaban J connectivity index is 2.63. The van der Waals surface area contributed by atoms with Crippen LogP contribution in [0.2, 0.25) is 0 Å². The lowest BCUT2D eigenvalue weighted by molar-refractivity contribution is -0.137. The van der Waals surface area contributed by atoms with Gasteiger partial charge in [-0.1, -0.05) is 44.2 Å². The first-order valence-electron chi connectivity index (χ1n) is 6.66. The summed E-state index contributed by atoms with van der Waals surface area (Å²) in [5.41, 5.74) is 0.941. The second-order valence-corrected chi connectivity index (χ2v) is 6.39. The first-order valence-corrected chi connectivity index (χ1v) is 7.71. The lowest BCUT2D eigenvalue weighted by Gasteiger charge is -2.18. The third-order valence-corrected chi connectivity index (χ3v) is 3.83. The van der Waals surface area contributed by atoms with Crippen molar-refractivity contribution in [1.82, 2.24) is 5.32 Å². The number of carbonyl (C=O) groups excluding carboxylic acids is 1. The van der Waals surface area contributed by atoms with Crippen molar-refractivity contribution in [2.24, 2.45) is 0 Å². The molecule has 20 heavy (non-hydrogen) atoms. The normalized spacial score (nSPS) is 12.2. The summed E-state index contributed by atoms with van der Waals surface area (Å²) in [6.07, 6.45) is 0.439. The van der Waals surface area contributed by atoms with Crippen LogP contribution in [-0.4, -0.2) is 28.0 Å². The standard InChI is InChI=1S/C15H21NO3S/c1-11(2)20-10-14(17)16-13(8-9-15(18)19)12-6-4-3-5-7-12/h3-7,11,13H,8-10H2,1-2H3,(H,16,17)(H,18,19). The van der Waals surface area contributed by atoms with Gasteiger partial charge >= 0.3 is 5.97 Å². The molecular weight excluding hydrogens is 274 g/mol. The van der Waals surface area contributed by atoms with E-state index in [2.05, 4.69) is 5.32 Å². The van der Waals surface area contributed by atoms with Gasteiger partial charge in [-0.15, -0.1) is 11.8 Å². The average Bonchev–Trinajstić information content (AvgIpc) is 2.42. The Morgan fingerprint density at radius 1 is 1.25 bits per heavy atom. The second kappa shape index (κ2) is 8.64. The Bertz CT molecular complexity index is 434. The molecule has 0 spiro atoms. The fourth-order valence-electron chi connectivity index (χ4n) is 1.75. The van der Waals surface area contributed by atoms with Gasteiger partial charge in [0.25, 0.3) is 0 Å². The van der Waals surface area contributed by atoms with Gasteiger partial charge in [0.2, 0.25) is 5.91 Å². The number of nitrogens with one attached hydrogen (secondary N) is 1. The molecule has 1 aromatic rings. The molecule has 110 valence electrons. The quantitative estimate of drug-likeness (QED) is 0.774. The minimum atomic E-state index is -0.850. The highest BCUT2D eigenvalue weighted by atomic mass is 32.2. The molecule has 0 aliphatic carbocycles. The maximum Gasteiger partial charge on any atom is 0.303 e. The van der Waals surface area contributed by atoms with E-state index in [0.717, 1.165) is 5.56 Å². The van der Waals surface area contributed by atoms with Crippen LogP contribution in [0, 0.1) is 0 Å². The van der Waals surface area contributed by atoms with Gasteiger partial charge in [-0.3, -0.25) is 9.59 Å². The molecule has 1 unspecified atom stereocenters. The fourth-order valence-corrected chi connectivity index (χ4v) is 2.32. The maximum atomic E-state index is 11.9. The third-order valence-electron chi connectivity index (χ3n) is 2.73. The molecule has 0 bridgehead atoms. The average molecular weight is 295 g/mol. The molecule has 0 aliphatic heterocycles. The van der Waals surface area contributed by atoms with Crippen molar-refractivity contribution in [2.45, 2.75) is 38.0 Å². The van der Waals surface area contributed by atoms with E-state index < -0.39 is 5.97 Å². The summed E-state index contributed by atoms with van der Waals surface area (Å²) in [5.74, 6) is -0.506. The molecule has 0 aromatic heterocycles. The van der Waals surface area contributed by atoms with Crippen LogP contribution < -0.4 is 5.32 Å². The van der Waals surface area contributed by atoms with Crippen LogP contribution in [-0.2, 0) is 9.59 Å². The molecule has 1 aromatic carbocycles. The summed E-state index contributed by atoms with van der Waals surface area (Å²) in [6, 6.07) is 9.24. The first-order chi connectivity index (χ1) is 9.49. The van der Waals surface area contributed by atoms with Crippen molar-refractivity contribution in [3.63, 3.8) is 0 Å². The molecule has 0 aliphatic rings. The number of carboxylic acids is 1. The van der Waals surface area contributed by atoms with Crippen molar-refractivity contribution in [1.29, 1.82) is 0 Å². The Hall–Kier alpha value is -1.49. The van der Waals surface area contributed by atoms with E-state index in [9.17, 15) is 9.59 Å². The zero-order chi connectivity index (χ0) is 15.0. The topological polar surface area (TPSA) is 66.4 Å². The molecule has 1 amide bonds. The van der Waals surface area contributed by atoms with Crippen LogP contribution in [0.3, 0.4) is 0 Å². The zero-order valence-electron chi connectivity index (χ0n) is 11.8. The Morgan fingerprint density at radius 3 is 2.45 bits per heavy atom. The minimum Gasteiger partial charge on any atom is -0.481 e. The van der Waals surface area contributed by atoms with Gasteiger partial charge in [0.15, 0.2) is 0 Å². The molecule has 4 nitrogen and oxygen atoms in total. The van der Waals surface area contributed by atoms with E-state index >= 15 is 0 Å². The van der Waals surface area contributed by atoms with Crippen molar-refractivity contribution >= 4 is 23.6 Å². The number of amides is 1. The highest BCUT2D eigenvalue weighted by Gasteiger charge is 2.16. The summed E-state index contributed by atoms with van der Waals surface area (Å²) in [6.45, 7) is 4.08. The lowest BCUT2D eigenvalue weighted by Crippen LogP contribution is -2.30. The number of aliphatic carboxylic acids is 1. The van der Waals surface area contributed by atoms with Crippen molar-refractivity contribution in [3.05, 3.63) is 35.9 Å². The minimum absolute atomic E-state index is 0.0389. The lowest BCUT2D eigenvalue weighted by atomic mass is 10.0. The van der Waals surface area contributed by atoms with Gasteiger partial charge in [0, 0.05) is 6.42 Å². The third kappa shape index (κ3) is 6.61. The predicted octanol–water partition coefficient (Wildman–Crippen LogP) is 2.85. The number of hydrogen-bond acceptors (Lipinski definition) is 3. The zero-order valence-corrected chi connectivity index (χ0v) is 12.7. The van der Waals surface area contributed by atoms with Crippen molar-refractivity contribution < 1.29 is 14.7 Å². The smallest absolute Gasteiger partial charge is 0.303 e. The number of carboxylic acid groups (broad SMARTS) is 1. The molecule has 0 radical (unpaired) electrons. The van der Waals surface area contributed by atoms with Crippen LogP contribution in [0.1, 0.15) is 38.3 Å². The van der Waals surface area contributed by atoms with Gasteiger partial charge in [-0.05, 0) is 17.2 Å². The van der Waals surface area contributed by atoms with E-state index in [1.807, 2.05) is 44.2 Å². The number of benzene rings is 1. The molecule has 0 fully saturated rings. The van der Waals surface area contributed by atoms with Crippen LogP contribution in [0.4, 0.5) is 0 Å². The monoisotopic (exact) mass is 295 g/mol. The van der Waals surface area contributed by atoms with Crippen LogP contribution in [0.15, 0.2) is 30.3 Å². The fraction of sp³-hybridized carbons (Fsp3) is 0.467. The molecule has 5 heteroatoms. The van der Waals surface area contributed by atoms with E-state index in [4.69, 9.17) is 5.11 Å². The van der Waals surface area contributed by atoms with Gasteiger partial charge in [0.05, 0.1) is 11.8 Å². The van der Waals surface area contributed by atoms with Crippen molar-refractivity contribution in [2.75, 3.05) is 5.75 Å². The van der Waals surface area contributed by atoms with Crippen molar-refractivity contribution in [3.8, 4) is 0 Å². The number of hydrogen-bond donors (Lipinski definition) is 2. The SMILES string of the molecule is CC(C)SCC(=O)NC(CCC(=O)O)c1ccccc1. The Morgan fingerprint density at radius 2 is 1.90 bits per heavy atom. The van der Waals surface area contributed by atoms with Gasteiger partial charge in [-0.2, -0.15) is 0 Å². The summed E-state index contributed by atoms with van der Waals surface area (Å²) >= 11 is 1.57. The molecule has 0 saturated carbocycles. The Kier molecular flexibility index (Phi) is 7.15. The highest BCUT2D eigenvalue weighted by Crippen LogP contribution is 2.19. The van der Waals surface area contributed by atoms with Crippen LogP contribution in [0.5, 0.6) is 0 Å². The molecular formula is C15H21NO3S. The first kappa shape index (κ1) is 16.6. The van der Waals surface area contributed by atoms with E-state index in [1.165, 1.54) is 0 Å². The highest BCUT2D eigenvalue weighted by molar-refractivity contribution is 8.00.